The molecule has 1 aromatic rings. The molecule has 2 heterocycles. The van der Waals surface area contributed by atoms with Crippen LogP contribution < -0.4 is 11.1 Å². The van der Waals surface area contributed by atoms with Gasteiger partial charge >= 0.3 is 0 Å². The lowest BCUT2D eigenvalue weighted by Crippen LogP contribution is -2.32. The number of amides is 1. The summed E-state index contributed by atoms with van der Waals surface area (Å²) >= 11 is 0. The summed E-state index contributed by atoms with van der Waals surface area (Å²) < 4.78 is 5.63. The van der Waals surface area contributed by atoms with Crippen molar-refractivity contribution in [2.45, 2.75) is 44.2 Å². The molecule has 3 N–H and O–H groups in total. The van der Waals surface area contributed by atoms with Crippen molar-refractivity contribution in [3.8, 4) is 0 Å². The maximum atomic E-state index is 11.9. The van der Waals surface area contributed by atoms with Crippen LogP contribution in [0.2, 0.25) is 0 Å². The third-order valence-electron chi connectivity index (χ3n) is 4.31. The maximum Gasteiger partial charge on any atom is 0.251 e. The van der Waals surface area contributed by atoms with Crippen molar-refractivity contribution >= 4 is 5.91 Å². The van der Waals surface area contributed by atoms with E-state index in [2.05, 4.69) is 17.4 Å². The van der Waals surface area contributed by atoms with E-state index in [0.717, 1.165) is 55.5 Å². The van der Waals surface area contributed by atoms with Crippen molar-refractivity contribution in [2.75, 3.05) is 13.2 Å². The Bertz CT molecular complexity index is 495. The molecule has 108 valence electrons. The molecule has 1 saturated heterocycles. The number of nitrogens with one attached hydrogen (secondary N) is 1. The lowest BCUT2D eigenvalue weighted by Gasteiger charge is -2.20. The molecule has 20 heavy (non-hydrogen) atoms. The molecule has 2 aliphatic rings. The topological polar surface area (TPSA) is 64.3 Å². The van der Waals surface area contributed by atoms with Gasteiger partial charge in [0, 0.05) is 24.8 Å². The number of nitrogens with two attached hydrogens (primary N) is 1. The molecular formula is C16H22N2O2. The number of hydrogen-bond donors (Lipinski definition) is 2. The van der Waals surface area contributed by atoms with Gasteiger partial charge in [-0.05, 0) is 49.3 Å². The Labute approximate surface area is 119 Å². The van der Waals surface area contributed by atoms with Gasteiger partial charge in [-0.2, -0.15) is 0 Å². The van der Waals surface area contributed by atoms with Crippen LogP contribution in [0.3, 0.4) is 0 Å². The number of benzene rings is 1. The fourth-order valence-corrected chi connectivity index (χ4v) is 3.06. The van der Waals surface area contributed by atoms with Gasteiger partial charge in [0.1, 0.15) is 0 Å². The SMILES string of the molecule is NC(CCC1CCCO1)c1ccc2c(c1)C(=O)NCC2. The van der Waals surface area contributed by atoms with Crippen molar-refractivity contribution in [1.82, 2.24) is 5.32 Å². The van der Waals surface area contributed by atoms with Crippen LogP contribution in [-0.4, -0.2) is 25.2 Å². The first-order valence-electron chi connectivity index (χ1n) is 7.52. The fraction of sp³-hybridized carbons (Fsp3) is 0.562. The van der Waals surface area contributed by atoms with Gasteiger partial charge in [-0.15, -0.1) is 0 Å². The summed E-state index contributed by atoms with van der Waals surface area (Å²) in [6, 6.07) is 6.07. The highest BCUT2D eigenvalue weighted by atomic mass is 16.5. The Balaban J connectivity index is 1.66. The van der Waals surface area contributed by atoms with Crippen molar-refractivity contribution in [3.05, 3.63) is 34.9 Å². The minimum atomic E-state index is -0.0146. The molecule has 4 nitrogen and oxygen atoms in total. The van der Waals surface area contributed by atoms with E-state index in [1.54, 1.807) is 0 Å². The van der Waals surface area contributed by atoms with Crippen LogP contribution in [0.1, 0.15) is 53.2 Å². The monoisotopic (exact) mass is 274 g/mol. The molecule has 3 rings (SSSR count). The van der Waals surface area contributed by atoms with Crippen LogP contribution in [-0.2, 0) is 11.2 Å². The zero-order chi connectivity index (χ0) is 13.9. The Morgan fingerprint density at radius 2 is 2.35 bits per heavy atom. The Morgan fingerprint density at radius 1 is 1.45 bits per heavy atom. The molecule has 4 heteroatoms. The van der Waals surface area contributed by atoms with Crippen molar-refractivity contribution < 1.29 is 9.53 Å². The van der Waals surface area contributed by atoms with E-state index in [0.29, 0.717) is 6.10 Å². The van der Waals surface area contributed by atoms with Crippen LogP contribution >= 0.6 is 0 Å². The van der Waals surface area contributed by atoms with Crippen LogP contribution in [0.25, 0.3) is 0 Å². The number of rotatable bonds is 4. The lowest BCUT2D eigenvalue weighted by molar-refractivity contribution is 0.0945. The normalized spacial score (nSPS) is 23.2. The minimum Gasteiger partial charge on any atom is -0.378 e. The average Bonchev–Trinajstić information content (AvgIpc) is 2.98. The molecule has 2 aliphatic heterocycles. The van der Waals surface area contributed by atoms with Gasteiger partial charge in [0.05, 0.1) is 6.10 Å². The Morgan fingerprint density at radius 3 is 3.15 bits per heavy atom. The second kappa shape index (κ2) is 5.94. The molecule has 1 amide bonds. The van der Waals surface area contributed by atoms with Gasteiger partial charge in [0.2, 0.25) is 0 Å². The van der Waals surface area contributed by atoms with E-state index in [9.17, 15) is 4.79 Å². The van der Waals surface area contributed by atoms with Gasteiger partial charge in [-0.25, -0.2) is 0 Å². The first kappa shape index (κ1) is 13.6. The molecule has 0 aromatic heterocycles. The standard InChI is InChI=1S/C16H22N2O2/c17-15(6-5-13-2-1-9-20-13)12-4-3-11-7-8-18-16(19)14(11)10-12/h3-4,10,13,15H,1-2,5-9,17H2,(H,18,19). The highest BCUT2D eigenvalue weighted by Gasteiger charge is 2.20. The maximum absolute atomic E-state index is 11.9. The molecule has 0 saturated carbocycles. The zero-order valence-electron chi connectivity index (χ0n) is 11.7. The van der Waals surface area contributed by atoms with Gasteiger partial charge in [-0.1, -0.05) is 12.1 Å². The Hall–Kier alpha value is -1.39. The quantitative estimate of drug-likeness (QED) is 0.881. The predicted octanol–water partition coefficient (Wildman–Crippen LogP) is 1.93. The highest BCUT2D eigenvalue weighted by molar-refractivity contribution is 5.96. The van der Waals surface area contributed by atoms with Crippen molar-refractivity contribution in [3.63, 3.8) is 0 Å². The summed E-state index contributed by atoms with van der Waals surface area (Å²) in [4.78, 5) is 11.9. The summed E-state index contributed by atoms with van der Waals surface area (Å²) in [6.07, 6.45) is 5.52. The molecule has 1 aromatic carbocycles. The molecule has 1 fully saturated rings. The first-order chi connectivity index (χ1) is 9.74. The fourth-order valence-electron chi connectivity index (χ4n) is 3.06. The molecule has 0 bridgehead atoms. The van der Waals surface area contributed by atoms with Gasteiger partial charge < -0.3 is 15.8 Å². The number of fused-ring (bicyclic) bond motifs is 1. The highest BCUT2D eigenvalue weighted by Crippen LogP contribution is 2.25. The third-order valence-corrected chi connectivity index (χ3v) is 4.31. The van der Waals surface area contributed by atoms with Gasteiger partial charge in [-0.3, -0.25) is 4.79 Å². The minimum absolute atomic E-state index is 0.0146. The molecule has 0 radical (unpaired) electrons. The number of hydrogen-bond acceptors (Lipinski definition) is 3. The molecule has 2 unspecified atom stereocenters. The molecule has 2 atom stereocenters. The van der Waals surface area contributed by atoms with Crippen molar-refractivity contribution in [1.29, 1.82) is 0 Å². The Kier molecular flexibility index (Phi) is 4.03. The average molecular weight is 274 g/mol. The van der Waals surface area contributed by atoms with Crippen LogP contribution in [0, 0.1) is 0 Å². The van der Waals surface area contributed by atoms with Gasteiger partial charge in [0.25, 0.3) is 5.91 Å². The lowest BCUT2D eigenvalue weighted by atomic mass is 9.93. The largest absolute Gasteiger partial charge is 0.378 e. The number of ether oxygens (including phenoxy) is 1. The summed E-state index contributed by atoms with van der Waals surface area (Å²) in [7, 11) is 0. The van der Waals surface area contributed by atoms with E-state index in [1.807, 2.05) is 6.07 Å². The number of carbonyl (C=O) groups excluding carboxylic acids is 1. The summed E-state index contributed by atoms with van der Waals surface area (Å²) in [5.74, 6) is 0.0272. The second-order valence-corrected chi connectivity index (χ2v) is 5.74. The predicted molar refractivity (Wildman–Crippen MR) is 77.6 cm³/mol. The van der Waals surface area contributed by atoms with Crippen molar-refractivity contribution in [2.24, 2.45) is 5.73 Å². The van der Waals surface area contributed by atoms with Crippen LogP contribution in [0.4, 0.5) is 0 Å². The molecule has 0 aliphatic carbocycles. The number of carbonyl (C=O) groups is 1. The second-order valence-electron chi connectivity index (χ2n) is 5.74. The zero-order valence-corrected chi connectivity index (χ0v) is 11.7. The van der Waals surface area contributed by atoms with Gasteiger partial charge in [0.15, 0.2) is 0 Å². The van der Waals surface area contributed by atoms with E-state index < -0.39 is 0 Å². The smallest absolute Gasteiger partial charge is 0.251 e. The van der Waals surface area contributed by atoms with E-state index >= 15 is 0 Å². The first-order valence-corrected chi connectivity index (χ1v) is 7.52. The van der Waals surface area contributed by atoms with E-state index in [4.69, 9.17) is 10.5 Å². The summed E-state index contributed by atoms with van der Waals surface area (Å²) in [5.41, 5.74) is 9.24. The van der Waals surface area contributed by atoms with Crippen LogP contribution in [0.5, 0.6) is 0 Å². The van der Waals surface area contributed by atoms with Crippen LogP contribution in [0.15, 0.2) is 18.2 Å². The van der Waals surface area contributed by atoms with E-state index in [-0.39, 0.29) is 11.9 Å². The summed E-state index contributed by atoms with van der Waals surface area (Å²) in [5, 5.41) is 2.88. The third kappa shape index (κ3) is 2.86. The molecular weight excluding hydrogens is 252 g/mol. The molecule has 0 spiro atoms. The van der Waals surface area contributed by atoms with E-state index in [1.165, 1.54) is 6.42 Å². The summed E-state index contributed by atoms with van der Waals surface area (Å²) in [6.45, 7) is 1.62.